The zero-order valence-electron chi connectivity index (χ0n) is 32.8. The molecule has 0 N–H and O–H groups in total. The molecule has 7 rings (SSSR count). The Morgan fingerprint density at radius 3 is 2.10 bits per heavy atom. The van der Waals surface area contributed by atoms with E-state index in [0.717, 1.165) is 50.1 Å². The molecule has 0 aliphatic carbocycles. The Kier molecular flexibility index (Phi) is 7.80. The molecule has 0 fully saturated rings. The van der Waals surface area contributed by atoms with Crippen LogP contribution in [0.25, 0.3) is 27.6 Å². The first-order chi connectivity index (χ1) is 23.8. The van der Waals surface area contributed by atoms with Crippen LogP contribution in [0.1, 0.15) is 83.1 Å². The van der Waals surface area contributed by atoms with Crippen LogP contribution in [-0.4, -0.2) is 23.2 Å². The standard InChI is InChI=1S/C43H46N4O.Pt/c1-41(2,3)28-19-20-44-39(23-28)47-35-16-12-11-15-33(35)40-34(43(7,8)9)25-32(26-38(40)47)48-31-22-29(42(4,5)6)21-30(24-31)46-27-45(10)36-17-13-14-18-37(36)46;/h11-23,25H,27H2,1-10H3;/q-2;+2/i10D3;. The molecule has 254 valence electrons. The molecule has 5 nitrogen and oxygen atoms in total. The van der Waals surface area contributed by atoms with Gasteiger partial charge in [0, 0.05) is 34.3 Å². The maximum Gasteiger partial charge on any atom is 2.00 e. The van der Waals surface area contributed by atoms with Crippen molar-refractivity contribution in [2.24, 2.45) is 0 Å². The van der Waals surface area contributed by atoms with Crippen LogP contribution in [0.5, 0.6) is 11.5 Å². The number of ether oxygens (including phenoxy) is 1. The van der Waals surface area contributed by atoms with Crippen LogP contribution in [0.15, 0.2) is 85.1 Å². The minimum Gasteiger partial charge on any atom is -0.509 e. The third-order valence-corrected chi connectivity index (χ3v) is 9.26. The zero-order chi connectivity index (χ0) is 36.7. The molecule has 6 heteroatoms. The summed E-state index contributed by atoms with van der Waals surface area (Å²) in [5, 5.41) is 2.26. The van der Waals surface area contributed by atoms with Crippen LogP contribution in [0, 0.1) is 12.1 Å². The number of aromatic nitrogens is 2. The van der Waals surface area contributed by atoms with E-state index in [2.05, 4.69) is 128 Å². The van der Waals surface area contributed by atoms with Crippen molar-refractivity contribution in [3.8, 4) is 17.3 Å². The molecular weight excluding hydrogens is 784 g/mol. The van der Waals surface area contributed by atoms with E-state index < -0.39 is 6.98 Å². The van der Waals surface area contributed by atoms with Crippen molar-refractivity contribution in [2.75, 3.05) is 23.4 Å². The summed E-state index contributed by atoms with van der Waals surface area (Å²) in [7, 11) is 0. The Hall–Kier alpha value is -4.08. The number of nitrogens with zero attached hydrogens (tertiary/aromatic N) is 4. The molecule has 0 bridgehead atoms. The molecule has 3 heterocycles. The molecule has 0 atom stereocenters. The van der Waals surface area contributed by atoms with Gasteiger partial charge >= 0.3 is 21.1 Å². The van der Waals surface area contributed by atoms with E-state index in [0.29, 0.717) is 17.2 Å². The van der Waals surface area contributed by atoms with E-state index in [-0.39, 0.29) is 44.0 Å². The Morgan fingerprint density at radius 1 is 0.735 bits per heavy atom. The van der Waals surface area contributed by atoms with Gasteiger partial charge in [-0.3, -0.25) is 0 Å². The minimum absolute atomic E-state index is 0. The largest absolute Gasteiger partial charge is 2.00 e. The molecular formula is C43H46N4OPt. The van der Waals surface area contributed by atoms with Crippen molar-refractivity contribution < 1.29 is 29.9 Å². The molecule has 0 amide bonds. The predicted octanol–water partition coefficient (Wildman–Crippen LogP) is 11.0. The number of benzene rings is 4. The second-order valence-corrected chi connectivity index (χ2v) is 16.0. The van der Waals surface area contributed by atoms with Crippen LogP contribution >= 0.6 is 0 Å². The van der Waals surface area contributed by atoms with Gasteiger partial charge in [-0.05, 0) is 57.5 Å². The average Bonchev–Trinajstić information content (AvgIpc) is 3.60. The molecule has 2 aromatic heterocycles. The topological polar surface area (TPSA) is 33.5 Å². The Bertz CT molecular complexity index is 2290. The molecule has 4 aromatic carbocycles. The fourth-order valence-electron chi connectivity index (χ4n) is 6.58. The molecule has 0 unspecified atom stereocenters. The molecule has 0 saturated heterocycles. The molecule has 0 saturated carbocycles. The first-order valence-corrected chi connectivity index (χ1v) is 16.7. The number of rotatable bonds is 4. The Balaban J connectivity index is 0.00000464. The summed E-state index contributed by atoms with van der Waals surface area (Å²) in [5.41, 5.74) is 7.08. The number of hydrogen-bond donors (Lipinski definition) is 0. The van der Waals surface area contributed by atoms with E-state index in [9.17, 15) is 0 Å². The quantitative estimate of drug-likeness (QED) is 0.166. The van der Waals surface area contributed by atoms with Gasteiger partial charge in [0.05, 0.1) is 18.0 Å². The molecule has 49 heavy (non-hydrogen) atoms. The van der Waals surface area contributed by atoms with Gasteiger partial charge in [0.1, 0.15) is 5.82 Å². The van der Waals surface area contributed by atoms with E-state index in [1.165, 1.54) is 10.5 Å². The van der Waals surface area contributed by atoms with E-state index >= 15 is 0 Å². The zero-order valence-corrected chi connectivity index (χ0v) is 32.1. The number of para-hydroxylation sites is 3. The minimum atomic E-state index is -2.29. The number of fused-ring (bicyclic) bond motifs is 4. The third-order valence-electron chi connectivity index (χ3n) is 9.26. The third kappa shape index (κ3) is 6.39. The summed E-state index contributed by atoms with van der Waals surface area (Å²) >= 11 is 0. The number of pyridine rings is 1. The van der Waals surface area contributed by atoms with Gasteiger partial charge in [-0.25, -0.2) is 4.98 Å². The monoisotopic (exact) mass is 832 g/mol. The fraction of sp³-hybridized carbons (Fsp3) is 0.326. The molecule has 6 aromatic rings. The molecule has 1 aliphatic heterocycles. The summed E-state index contributed by atoms with van der Waals surface area (Å²) in [6.45, 7) is 17.7. The van der Waals surface area contributed by atoms with E-state index in [1.54, 1.807) is 0 Å². The van der Waals surface area contributed by atoms with Crippen molar-refractivity contribution in [2.45, 2.75) is 78.6 Å². The number of anilines is 3. The Morgan fingerprint density at radius 2 is 1.41 bits per heavy atom. The second kappa shape index (κ2) is 12.4. The fourth-order valence-corrected chi connectivity index (χ4v) is 6.58. The SMILES string of the molecule is [2H]C([2H])([2H])N1CN(c2[c-]c(Oc3[c-]c4c(c(C(C)(C)C)c3)c3ccccc3n4-c3cc(C(C)(C)C)ccn3)cc(C(C)(C)C)c2)c2ccccc21.[Pt+2]. The van der Waals surface area contributed by atoms with Crippen molar-refractivity contribution in [1.29, 1.82) is 0 Å². The average molecular weight is 833 g/mol. The first kappa shape index (κ1) is 30.9. The first-order valence-electron chi connectivity index (χ1n) is 18.2. The van der Waals surface area contributed by atoms with Gasteiger partial charge in [0.15, 0.2) is 0 Å². The summed E-state index contributed by atoms with van der Waals surface area (Å²) in [6, 6.07) is 33.8. The molecule has 0 spiro atoms. The van der Waals surface area contributed by atoms with Crippen molar-refractivity contribution >= 4 is 38.9 Å². The normalized spacial score (nSPS) is 14.8. The van der Waals surface area contributed by atoms with Crippen LogP contribution in [0.3, 0.4) is 0 Å². The summed E-state index contributed by atoms with van der Waals surface area (Å²) < 4.78 is 33.7. The maximum absolute atomic E-state index is 8.23. The summed E-state index contributed by atoms with van der Waals surface area (Å²) in [6.07, 6.45) is 1.89. The van der Waals surface area contributed by atoms with Crippen LogP contribution in [0.4, 0.5) is 17.1 Å². The van der Waals surface area contributed by atoms with Crippen LogP contribution in [-0.2, 0) is 37.3 Å². The van der Waals surface area contributed by atoms with Gasteiger partial charge in [0.25, 0.3) is 0 Å². The smallest absolute Gasteiger partial charge is 0.509 e. The van der Waals surface area contributed by atoms with Crippen molar-refractivity contribution in [3.63, 3.8) is 0 Å². The van der Waals surface area contributed by atoms with E-state index in [1.807, 2.05) is 41.4 Å². The molecule has 1 aliphatic rings. The van der Waals surface area contributed by atoms with Crippen molar-refractivity contribution in [3.05, 3.63) is 114 Å². The second-order valence-electron chi connectivity index (χ2n) is 16.0. The molecule has 0 radical (unpaired) electrons. The van der Waals surface area contributed by atoms with Crippen molar-refractivity contribution in [1.82, 2.24) is 9.55 Å². The van der Waals surface area contributed by atoms with Crippen LogP contribution < -0.4 is 14.5 Å². The van der Waals surface area contributed by atoms with Gasteiger partial charge < -0.3 is 19.1 Å². The Labute approximate surface area is 310 Å². The van der Waals surface area contributed by atoms with Crippen LogP contribution in [0.2, 0.25) is 0 Å². The van der Waals surface area contributed by atoms with Gasteiger partial charge in [-0.1, -0.05) is 109 Å². The summed E-state index contributed by atoms with van der Waals surface area (Å²) in [5.74, 6) is 1.94. The van der Waals surface area contributed by atoms with E-state index in [4.69, 9.17) is 13.8 Å². The predicted molar refractivity (Wildman–Crippen MR) is 201 cm³/mol. The van der Waals surface area contributed by atoms with Gasteiger partial charge in [-0.2, -0.15) is 0 Å². The maximum atomic E-state index is 8.23. The van der Waals surface area contributed by atoms with Gasteiger partial charge in [-0.15, -0.1) is 41.5 Å². The summed E-state index contributed by atoms with van der Waals surface area (Å²) in [4.78, 5) is 8.34. The van der Waals surface area contributed by atoms with Gasteiger partial charge in [0.2, 0.25) is 0 Å². The number of hydrogen-bond acceptors (Lipinski definition) is 4.